The Bertz CT molecular complexity index is 703. The summed E-state index contributed by atoms with van der Waals surface area (Å²) in [6, 6.07) is 7.46. The van der Waals surface area contributed by atoms with Crippen molar-refractivity contribution in [3.63, 3.8) is 0 Å². The summed E-state index contributed by atoms with van der Waals surface area (Å²) in [6.07, 6.45) is 6.38. The van der Waals surface area contributed by atoms with Crippen molar-refractivity contribution in [2.24, 2.45) is 0 Å². The Hall–Kier alpha value is -2.32. The second-order valence-corrected chi connectivity index (χ2v) is 6.06. The number of rotatable bonds is 7. The third-order valence-electron chi connectivity index (χ3n) is 3.30. The van der Waals surface area contributed by atoms with E-state index < -0.39 is 0 Å². The lowest BCUT2D eigenvalue weighted by atomic mass is 10.1. The first-order valence-electron chi connectivity index (χ1n) is 7.51. The Labute approximate surface area is 140 Å². The molecule has 5 heteroatoms. The summed E-state index contributed by atoms with van der Waals surface area (Å²) in [5, 5.41) is 5.98. The van der Waals surface area contributed by atoms with Crippen LogP contribution in [0.5, 0.6) is 5.75 Å². The van der Waals surface area contributed by atoms with Crippen molar-refractivity contribution >= 4 is 17.2 Å². The molecule has 1 unspecified atom stereocenters. The number of nitrogens with zero attached hydrogens (tertiary/aromatic N) is 1. The number of carbonyl (C=O) groups excluding carboxylic acids is 1. The highest BCUT2D eigenvalue weighted by Crippen LogP contribution is 2.19. The van der Waals surface area contributed by atoms with Gasteiger partial charge in [-0.1, -0.05) is 25.0 Å². The van der Waals surface area contributed by atoms with Gasteiger partial charge in [0.1, 0.15) is 12.4 Å². The summed E-state index contributed by atoms with van der Waals surface area (Å²) in [5.41, 5.74) is 1.79. The van der Waals surface area contributed by atoms with Crippen LogP contribution in [0.3, 0.4) is 0 Å². The second-order valence-electron chi connectivity index (χ2n) is 5.12. The van der Waals surface area contributed by atoms with Crippen LogP contribution in [0.1, 0.15) is 36.2 Å². The molecule has 0 aliphatic heterocycles. The van der Waals surface area contributed by atoms with Gasteiger partial charge in [-0.3, -0.25) is 4.79 Å². The monoisotopic (exact) mass is 328 g/mol. The molecule has 1 amide bonds. The maximum Gasteiger partial charge on any atom is 0.226 e. The molecule has 0 aliphatic rings. The fraction of sp³-hybridized carbons (Fsp3) is 0.333. The minimum absolute atomic E-state index is 0.0413. The van der Waals surface area contributed by atoms with Gasteiger partial charge >= 0.3 is 0 Å². The van der Waals surface area contributed by atoms with Crippen LogP contribution in [-0.2, 0) is 17.6 Å². The predicted octanol–water partition coefficient (Wildman–Crippen LogP) is 3.14. The third kappa shape index (κ3) is 5.11. The third-order valence-corrected chi connectivity index (χ3v) is 4.34. The van der Waals surface area contributed by atoms with Crippen LogP contribution in [0.25, 0.3) is 0 Å². The van der Waals surface area contributed by atoms with E-state index in [0.717, 1.165) is 22.7 Å². The molecule has 0 fully saturated rings. The van der Waals surface area contributed by atoms with E-state index >= 15 is 0 Å². The summed E-state index contributed by atoms with van der Waals surface area (Å²) in [5.74, 6) is 3.09. The van der Waals surface area contributed by atoms with E-state index in [1.807, 2.05) is 36.6 Å². The lowest BCUT2D eigenvalue weighted by molar-refractivity contribution is -0.121. The molecular formula is C18H20N2O2S. The minimum Gasteiger partial charge on any atom is -0.481 e. The Kier molecular flexibility index (Phi) is 6.19. The van der Waals surface area contributed by atoms with Crippen molar-refractivity contribution in [3.05, 3.63) is 45.9 Å². The molecule has 120 valence electrons. The van der Waals surface area contributed by atoms with Crippen molar-refractivity contribution < 1.29 is 9.53 Å². The molecule has 0 bridgehead atoms. The molecule has 0 saturated heterocycles. The number of ether oxygens (including phenoxy) is 1. The highest BCUT2D eigenvalue weighted by Gasteiger charge is 2.12. The number of aryl methyl sites for hydroxylation is 1. The van der Waals surface area contributed by atoms with E-state index in [2.05, 4.69) is 23.1 Å². The zero-order valence-corrected chi connectivity index (χ0v) is 14.2. The van der Waals surface area contributed by atoms with Gasteiger partial charge in [0.05, 0.1) is 23.2 Å². The van der Waals surface area contributed by atoms with Gasteiger partial charge in [0.25, 0.3) is 0 Å². The molecule has 1 N–H and O–H groups in total. The van der Waals surface area contributed by atoms with E-state index in [1.165, 1.54) is 0 Å². The van der Waals surface area contributed by atoms with Crippen molar-refractivity contribution in [2.75, 3.05) is 6.61 Å². The van der Waals surface area contributed by atoms with Crippen LogP contribution in [0, 0.1) is 12.3 Å². The Morgan fingerprint density at radius 3 is 3.04 bits per heavy atom. The van der Waals surface area contributed by atoms with Crippen molar-refractivity contribution in [2.45, 2.75) is 32.7 Å². The van der Waals surface area contributed by atoms with Gasteiger partial charge < -0.3 is 10.1 Å². The molecule has 4 nitrogen and oxygen atoms in total. The quantitative estimate of drug-likeness (QED) is 0.795. The maximum absolute atomic E-state index is 12.1. The molecule has 2 rings (SSSR count). The summed E-state index contributed by atoms with van der Waals surface area (Å²) in [6.45, 7) is 4.23. The van der Waals surface area contributed by atoms with Crippen molar-refractivity contribution in [3.8, 4) is 18.1 Å². The normalized spacial score (nSPS) is 11.5. The standard InChI is InChI=1S/C18H20N2O2S/c1-4-9-22-16-8-6-7-14(10-16)13(3)19-17(21)11-15-12-23-18(5-2)20-15/h1,6-8,10,12-13H,5,9,11H2,2-3H3,(H,19,21). The van der Waals surface area contributed by atoms with Gasteiger partial charge in [-0.15, -0.1) is 17.8 Å². The number of benzene rings is 1. The zero-order chi connectivity index (χ0) is 16.7. The van der Waals surface area contributed by atoms with Crippen LogP contribution < -0.4 is 10.1 Å². The smallest absolute Gasteiger partial charge is 0.226 e. The average Bonchev–Trinajstić information content (AvgIpc) is 3.00. The van der Waals surface area contributed by atoms with Gasteiger partial charge in [-0.2, -0.15) is 0 Å². The first-order valence-corrected chi connectivity index (χ1v) is 8.39. The van der Waals surface area contributed by atoms with Gasteiger partial charge in [0.15, 0.2) is 0 Å². The highest BCUT2D eigenvalue weighted by molar-refractivity contribution is 7.09. The van der Waals surface area contributed by atoms with Gasteiger partial charge in [-0.25, -0.2) is 4.98 Å². The first-order chi connectivity index (χ1) is 11.1. The Morgan fingerprint density at radius 2 is 2.35 bits per heavy atom. The number of thiazole rings is 1. The van der Waals surface area contributed by atoms with E-state index in [0.29, 0.717) is 12.2 Å². The Balaban J connectivity index is 1.94. The second kappa shape index (κ2) is 8.35. The van der Waals surface area contributed by atoms with Crippen molar-refractivity contribution in [1.82, 2.24) is 10.3 Å². The first kappa shape index (κ1) is 17.0. The van der Waals surface area contributed by atoms with Gasteiger partial charge in [0.2, 0.25) is 5.91 Å². The fourth-order valence-corrected chi connectivity index (χ4v) is 2.88. The van der Waals surface area contributed by atoms with Crippen LogP contribution in [-0.4, -0.2) is 17.5 Å². The van der Waals surface area contributed by atoms with E-state index in [-0.39, 0.29) is 18.6 Å². The summed E-state index contributed by atoms with van der Waals surface area (Å²) in [7, 11) is 0. The molecule has 0 saturated carbocycles. The number of terminal acetylenes is 1. The van der Waals surface area contributed by atoms with E-state index in [9.17, 15) is 4.79 Å². The molecule has 1 atom stereocenters. The summed E-state index contributed by atoms with van der Waals surface area (Å²) in [4.78, 5) is 16.6. The molecule has 0 aliphatic carbocycles. The van der Waals surface area contributed by atoms with Crippen molar-refractivity contribution in [1.29, 1.82) is 0 Å². The summed E-state index contributed by atoms with van der Waals surface area (Å²) >= 11 is 1.59. The van der Waals surface area contributed by atoms with Gasteiger partial charge in [-0.05, 0) is 31.0 Å². The van der Waals surface area contributed by atoms with Crippen LogP contribution in [0.4, 0.5) is 0 Å². The number of amides is 1. The molecule has 23 heavy (non-hydrogen) atoms. The molecule has 1 heterocycles. The lowest BCUT2D eigenvalue weighted by Crippen LogP contribution is -2.28. The van der Waals surface area contributed by atoms with E-state index in [4.69, 9.17) is 11.2 Å². The lowest BCUT2D eigenvalue weighted by Gasteiger charge is -2.15. The molecule has 0 spiro atoms. The molecule has 1 aromatic heterocycles. The zero-order valence-electron chi connectivity index (χ0n) is 13.3. The number of hydrogen-bond donors (Lipinski definition) is 1. The number of carbonyl (C=O) groups is 1. The van der Waals surface area contributed by atoms with Crippen LogP contribution in [0.2, 0.25) is 0 Å². The number of aromatic nitrogens is 1. The summed E-state index contributed by atoms with van der Waals surface area (Å²) < 4.78 is 5.40. The number of hydrogen-bond acceptors (Lipinski definition) is 4. The maximum atomic E-state index is 12.1. The topological polar surface area (TPSA) is 51.2 Å². The highest BCUT2D eigenvalue weighted by atomic mass is 32.1. The average molecular weight is 328 g/mol. The molecule has 0 radical (unpaired) electrons. The minimum atomic E-state index is -0.110. The molecular weight excluding hydrogens is 308 g/mol. The van der Waals surface area contributed by atoms with Crippen LogP contribution >= 0.6 is 11.3 Å². The van der Waals surface area contributed by atoms with E-state index in [1.54, 1.807) is 11.3 Å². The molecule has 1 aromatic carbocycles. The number of nitrogens with one attached hydrogen (secondary N) is 1. The predicted molar refractivity (Wildman–Crippen MR) is 92.5 cm³/mol. The molecule has 2 aromatic rings. The SMILES string of the molecule is C#CCOc1cccc(C(C)NC(=O)Cc2csc(CC)n2)c1. The fourth-order valence-electron chi connectivity index (χ4n) is 2.13. The van der Waals surface area contributed by atoms with Crippen LogP contribution in [0.15, 0.2) is 29.6 Å². The van der Waals surface area contributed by atoms with Gasteiger partial charge in [0, 0.05) is 5.38 Å². The Morgan fingerprint density at radius 1 is 1.52 bits per heavy atom. The largest absolute Gasteiger partial charge is 0.481 e.